The number of halogens is 1. The smallest absolute Gasteiger partial charge is 0.338 e. The third kappa shape index (κ3) is 6.20. The van der Waals surface area contributed by atoms with Crippen LogP contribution in [0, 0.1) is 12.7 Å². The Morgan fingerprint density at radius 3 is 2.32 bits per heavy atom. The number of ether oxygens (including phenoxy) is 1. The molecule has 3 aromatic carbocycles. The second-order valence-electron chi connectivity index (χ2n) is 8.38. The summed E-state index contributed by atoms with van der Waals surface area (Å²) < 4.78 is 18.6. The van der Waals surface area contributed by atoms with Gasteiger partial charge in [-0.25, -0.2) is 9.18 Å². The van der Waals surface area contributed by atoms with Gasteiger partial charge in [0, 0.05) is 44.1 Å². The molecule has 0 bridgehead atoms. The molecule has 1 aliphatic rings. The number of aryl methyl sites for hydroxylation is 1. The summed E-state index contributed by atoms with van der Waals surface area (Å²) in [6, 6.07) is 22.2. The topological polar surface area (TPSA) is 61.9 Å². The molecule has 1 heterocycles. The third-order valence-corrected chi connectivity index (χ3v) is 5.88. The quantitative estimate of drug-likeness (QED) is 0.533. The second-order valence-corrected chi connectivity index (χ2v) is 8.38. The van der Waals surface area contributed by atoms with Crippen LogP contribution in [0.4, 0.5) is 15.8 Å². The molecule has 0 aliphatic carbocycles. The highest BCUT2D eigenvalue weighted by atomic mass is 19.1. The zero-order valence-electron chi connectivity index (χ0n) is 19.2. The van der Waals surface area contributed by atoms with Crippen LogP contribution in [0.15, 0.2) is 72.8 Å². The van der Waals surface area contributed by atoms with Crippen molar-refractivity contribution in [3.63, 3.8) is 0 Å². The Labute approximate surface area is 198 Å². The summed E-state index contributed by atoms with van der Waals surface area (Å²) in [5.74, 6) is -1.68. The van der Waals surface area contributed by atoms with E-state index in [4.69, 9.17) is 4.74 Å². The minimum absolute atomic E-state index is 0.0733. The molecule has 1 fully saturated rings. The molecule has 1 N–H and O–H groups in total. The number of hydrogen-bond acceptors (Lipinski definition) is 5. The van der Waals surface area contributed by atoms with Gasteiger partial charge in [0.1, 0.15) is 5.82 Å². The van der Waals surface area contributed by atoms with Gasteiger partial charge in [0.05, 0.1) is 5.56 Å². The number of esters is 1. The summed E-state index contributed by atoms with van der Waals surface area (Å²) in [5.41, 5.74) is 3.56. The average molecular weight is 462 g/mol. The number of nitrogens with zero attached hydrogens (tertiary/aromatic N) is 2. The molecule has 1 aliphatic heterocycles. The molecular formula is C27H28FN3O3. The van der Waals surface area contributed by atoms with E-state index in [-0.39, 0.29) is 5.56 Å². The van der Waals surface area contributed by atoms with Crippen molar-refractivity contribution in [2.24, 2.45) is 0 Å². The average Bonchev–Trinajstić information content (AvgIpc) is 2.86. The number of carbonyl (C=O) groups is 2. The molecule has 0 aromatic heterocycles. The molecule has 0 radical (unpaired) electrons. The monoisotopic (exact) mass is 461 g/mol. The lowest BCUT2D eigenvalue weighted by molar-refractivity contribution is -0.119. The number of piperazine rings is 1. The number of benzene rings is 3. The molecule has 0 unspecified atom stereocenters. The lowest BCUT2D eigenvalue weighted by Gasteiger charge is -2.36. The highest BCUT2D eigenvalue weighted by Gasteiger charge is 2.17. The Hall–Kier alpha value is -3.71. The highest BCUT2D eigenvalue weighted by molar-refractivity contribution is 5.95. The number of carbonyl (C=O) groups excluding carboxylic acids is 2. The van der Waals surface area contributed by atoms with Gasteiger partial charge in [-0.2, -0.15) is 0 Å². The molecule has 7 heteroatoms. The Bertz CT molecular complexity index is 1130. The number of hydrogen-bond donors (Lipinski definition) is 1. The van der Waals surface area contributed by atoms with Crippen LogP contribution < -0.4 is 10.2 Å². The van der Waals surface area contributed by atoms with Gasteiger partial charge in [-0.15, -0.1) is 0 Å². The maximum Gasteiger partial charge on any atom is 0.338 e. The van der Waals surface area contributed by atoms with Crippen molar-refractivity contribution in [3.05, 3.63) is 95.3 Å². The van der Waals surface area contributed by atoms with Crippen LogP contribution in [0.25, 0.3) is 0 Å². The van der Waals surface area contributed by atoms with E-state index in [0.717, 1.165) is 44.5 Å². The van der Waals surface area contributed by atoms with Crippen LogP contribution in [0.3, 0.4) is 0 Å². The van der Waals surface area contributed by atoms with Gasteiger partial charge < -0.3 is 15.0 Å². The van der Waals surface area contributed by atoms with Gasteiger partial charge in [-0.1, -0.05) is 36.4 Å². The third-order valence-electron chi connectivity index (χ3n) is 5.88. The van der Waals surface area contributed by atoms with Crippen molar-refractivity contribution in [2.75, 3.05) is 43.0 Å². The SMILES string of the molecule is Cc1ccc(C(=O)OCC(=O)Nc2ccc(N3CCN(Cc4ccccc4)CC3)cc2)cc1F. The molecule has 4 rings (SSSR count). The Morgan fingerprint density at radius 1 is 0.941 bits per heavy atom. The van der Waals surface area contributed by atoms with Gasteiger partial charge in [0.15, 0.2) is 6.61 Å². The fraction of sp³-hybridized carbons (Fsp3) is 0.259. The standard InChI is InChI=1S/C27H28FN3O3/c1-20-7-8-22(17-25(20)28)27(33)34-19-26(32)29-23-9-11-24(12-10-23)31-15-13-30(14-16-31)18-21-5-3-2-4-6-21/h2-12,17H,13-16,18-19H2,1H3,(H,29,32). The summed E-state index contributed by atoms with van der Waals surface area (Å²) in [6.45, 7) is 5.98. The number of nitrogens with one attached hydrogen (secondary N) is 1. The van der Waals surface area contributed by atoms with Gasteiger partial charge >= 0.3 is 5.97 Å². The zero-order chi connectivity index (χ0) is 23.9. The molecule has 6 nitrogen and oxygen atoms in total. The minimum Gasteiger partial charge on any atom is -0.452 e. The van der Waals surface area contributed by atoms with Crippen molar-refractivity contribution in [1.29, 1.82) is 0 Å². The Kier molecular flexibility index (Phi) is 7.54. The summed E-state index contributed by atoms with van der Waals surface area (Å²) in [7, 11) is 0. The van der Waals surface area contributed by atoms with Crippen LogP contribution in [0.5, 0.6) is 0 Å². The first-order valence-corrected chi connectivity index (χ1v) is 11.3. The second kappa shape index (κ2) is 10.9. The van der Waals surface area contributed by atoms with Gasteiger partial charge in [0.2, 0.25) is 0 Å². The van der Waals surface area contributed by atoms with Crippen LogP contribution in [0.1, 0.15) is 21.5 Å². The van der Waals surface area contributed by atoms with Crippen LogP contribution in [0.2, 0.25) is 0 Å². The summed E-state index contributed by atoms with van der Waals surface area (Å²) in [4.78, 5) is 29.0. The van der Waals surface area contributed by atoms with Crippen molar-refractivity contribution < 1.29 is 18.7 Å². The lowest BCUT2D eigenvalue weighted by Crippen LogP contribution is -2.45. The molecule has 0 spiro atoms. The van der Waals surface area contributed by atoms with Crippen molar-refractivity contribution >= 4 is 23.3 Å². The Balaban J connectivity index is 1.22. The van der Waals surface area contributed by atoms with Crippen molar-refractivity contribution in [3.8, 4) is 0 Å². The van der Waals surface area contributed by atoms with E-state index in [0.29, 0.717) is 11.3 Å². The fourth-order valence-electron chi connectivity index (χ4n) is 3.89. The first kappa shape index (κ1) is 23.4. The molecule has 176 valence electrons. The predicted molar refractivity (Wildman–Crippen MR) is 130 cm³/mol. The first-order valence-electron chi connectivity index (χ1n) is 11.3. The van der Waals surface area contributed by atoms with Gasteiger partial charge in [-0.3, -0.25) is 9.69 Å². The van der Waals surface area contributed by atoms with Gasteiger partial charge in [0.25, 0.3) is 5.91 Å². The zero-order valence-corrected chi connectivity index (χ0v) is 19.2. The van der Waals surface area contributed by atoms with Crippen molar-refractivity contribution in [1.82, 2.24) is 4.90 Å². The molecule has 34 heavy (non-hydrogen) atoms. The predicted octanol–water partition coefficient (Wildman–Crippen LogP) is 4.25. The van der Waals surface area contributed by atoms with E-state index in [1.807, 2.05) is 30.3 Å². The highest BCUT2D eigenvalue weighted by Crippen LogP contribution is 2.20. The minimum atomic E-state index is -0.740. The van der Waals surface area contributed by atoms with E-state index in [1.54, 1.807) is 6.92 Å². The van der Waals surface area contributed by atoms with E-state index in [2.05, 4.69) is 39.4 Å². The Morgan fingerprint density at radius 2 is 1.65 bits per heavy atom. The van der Waals surface area contributed by atoms with Crippen LogP contribution >= 0.6 is 0 Å². The van der Waals surface area contributed by atoms with Gasteiger partial charge in [-0.05, 0) is 54.4 Å². The van der Waals surface area contributed by atoms with Crippen molar-refractivity contribution in [2.45, 2.75) is 13.5 Å². The molecular weight excluding hydrogens is 433 g/mol. The van der Waals surface area contributed by atoms with E-state index in [9.17, 15) is 14.0 Å². The molecule has 0 atom stereocenters. The van der Waals surface area contributed by atoms with Crippen LogP contribution in [-0.2, 0) is 16.1 Å². The molecule has 0 saturated carbocycles. The number of anilines is 2. The molecule has 3 aromatic rings. The van der Waals surface area contributed by atoms with E-state index in [1.165, 1.54) is 17.7 Å². The molecule has 1 saturated heterocycles. The summed E-state index contributed by atoms with van der Waals surface area (Å²) in [6.07, 6.45) is 0. The maximum absolute atomic E-state index is 13.6. The number of rotatable bonds is 7. The fourth-order valence-corrected chi connectivity index (χ4v) is 3.89. The largest absolute Gasteiger partial charge is 0.452 e. The summed E-state index contributed by atoms with van der Waals surface area (Å²) in [5, 5.41) is 2.72. The van der Waals surface area contributed by atoms with Crippen LogP contribution in [-0.4, -0.2) is 49.6 Å². The maximum atomic E-state index is 13.6. The lowest BCUT2D eigenvalue weighted by atomic mass is 10.1. The number of amides is 1. The van der Waals surface area contributed by atoms with E-state index < -0.39 is 24.3 Å². The normalized spacial score (nSPS) is 14.0. The first-order chi connectivity index (χ1) is 16.5. The molecule has 1 amide bonds. The summed E-state index contributed by atoms with van der Waals surface area (Å²) >= 11 is 0. The van der Waals surface area contributed by atoms with E-state index >= 15 is 0 Å².